The maximum atomic E-state index is 12.5. The van der Waals surface area contributed by atoms with E-state index in [1.807, 2.05) is 19.9 Å². The number of ether oxygens (including phenoxy) is 1. The maximum Gasteiger partial charge on any atom is 0.359 e. The van der Waals surface area contributed by atoms with Gasteiger partial charge in [0.15, 0.2) is 18.1 Å². The Hall–Kier alpha value is -2.70. The summed E-state index contributed by atoms with van der Waals surface area (Å²) in [6.07, 6.45) is 4.61. The molecule has 2 aromatic heterocycles. The topological polar surface area (TPSA) is 77.3 Å². The van der Waals surface area contributed by atoms with Gasteiger partial charge < -0.3 is 14.2 Å². The molecule has 2 aliphatic rings. The molecule has 0 unspecified atom stereocenters. The van der Waals surface area contributed by atoms with Crippen LogP contribution >= 0.6 is 0 Å². The van der Waals surface area contributed by atoms with Crippen molar-refractivity contribution in [2.24, 2.45) is 0 Å². The van der Waals surface area contributed by atoms with Gasteiger partial charge in [-0.25, -0.2) is 4.79 Å². The van der Waals surface area contributed by atoms with Gasteiger partial charge >= 0.3 is 5.97 Å². The van der Waals surface area contributed by atoms with Crippen LogP contribution in [0, 0.1) is 13.8 Å². The van der Waals surface area contributed by atoms with Crippen molar-refractivity contribution in [2.45, 2.75) is 45.6 Å². The molecular weight excluding hydrogens is 344 g/mol. The zero-order valence-corrected chi connectivity index (χ0v) is 15.8. The van der Waals surface area contributed by atoms with E-state index in [4.69, 9.17) is 4.74 Å². The third-order valence-electron chi connectivity index (χ3n) is 5.32. The van der Waals surface area contributed by atoms with Crippen molar-refractivity contribution >= 4 is 17.6 Å². The lowest BCUT2D eigenvalue weighted by Crippen LogP contribution is -2.20. The van der Waals surface area contributed by atoms with E-state index in [1.165, 1.54) is 0 Å². The predicted molar refractivity (Wildman–Crippen MR) is 100 cm³/mol. The van der Waals surface area contributed by atoms with Gasteiger partial charge in [-0.15, -0.1) is 10.2 Å². The summed E-state index contributed by atoms with van der Waals surface area (Å²) in [6.45, 7) is 5.59. The van der Waals surface area contributed by atoms with Crippen molar-refractivity contribution in [1.82, 2.24) is 14.8 Å². The van der Waals surface area contributed by atoms with E-state index < -0.39 is 5.97 Å². The van der Waals surface area contributed by atoms with E-state index in [1.54, 1.807) is 12.1 Å². The van der Waals surface area contributed by atoms with E-state index in [9.17, 15) is 9.59 Å². The molecule has 0 spiro atoms. The Labute approximate surface area is 158 Å². The SMILES string of the molecule is Cc1cc(C(=O)COC(=O)c2ccc(N3CCCC3)nn2)c(C)n1C1CC1. The highest BCUT2D eigenvalue weighted by atomic mass is 16.5. The van der Waals surface area contributed by atoms with Gasteiger partial charge in [0.05, 0.1) is 0 Å². The van der Waals surface area contributed by atoms with Crippen LogP contribution < -0.4 is 4.90 Å². The lowest BCUT2D eigenvalue weighted by molar-refractivity contribution is 0.0467. The minimum atomic E-state index is -0.625. The predicted octanol–water partition coefficient (Wildman–Crippen LogP) is 2.87. The lowest BCUT2D eigenvalue weighted by atomic mass is 10.1. The molecule has 0 N–H and O–H groups in total. The molecule has 3 heterocycles. The molecular formula is C20H24N4O3. The summed E-state index contributed by atoms with van der Waals surface area (Å²) in [5.74, 6) is -0.0440. The van der Waals surface area contributed by atoms with Crippen LogP contribution in [-0.2, 0) is 4.74 Å². The quantitative estimate of drug-likeness (QED) is 0.576. The highest BCUT2D eigenvalue weighted by Crippen LogP contribution is 2.38. The van der Waals surface area contributed by atoms with Crippen LogP contribution in [0.4, 0.5) is 5.82 Å². The maximum absolute atomic E-state index is 12.5. The summed E-state index contributed by atoms with van der Waals surface area (Å²) in [5, 5.41) is 8.07. The summed E-state index contributed by atoms with van der Waals surface area (Å²) in [7, 11) is 0. The normalized spacial score (nSPS) is 16.6. The van der Waals surface area contributed by atoms with E-state index >= 15 is 0 Å². The average molecular weight is 368 g/mol. The first-order chi connectivity index (χ1) is 13.0. The summed E-state index contributed by atoms with van der Waals surface area (Å²) >= 11 is 0. The Morgan fingerprint density at radius 2 is 1.89 bits per heavy atom. The molecule has 1 aliphatic carbocycles. The number of hydrogen-bond acceptors (Lipinski definition) is 6. The molecule has 1 saturated heterocycles. The Balaban J connectivity index is 1.37. The van der Waals surface area contributed by atoms with Crippen LogP contribution in [-0.4, -0.2) is 46.2 Å². The molecule has 4 rings (SSSR count). The Bertz CT molecular complexity index is 862. The molecule has 27 heavy (non-hydrogen) atoms. The first-order valence-electron chi connectivity index (χ1n) is 9.52. The fourth-order valence-corrected chi connectivity index (χ4v) is 3.79. The van der Waals surface area contributed by atoms with Gasteiger partial charge in [-0.05, 0) is 57.7 Å². The Morgan fingerprint density at radius 1 is 1.15 bits per heavy atom. The second-order valence-corrected chi connectivity index (χ2v) is 7.36. The number of esters is 1. The molecule has 7 nitrogen and oxygen atoms in total. The van der Waals surface area contributed by atoms with E-state index in [2.05, 4.69) is 19.7 Å². The van der Waals surface area contributed by atoms with Crippen molar-refractivity contribution in [3.05, 3.63) is 40.8 Å². The Kier molecular flexibility index (Phi) is 4.68. The van der Waals surface area contributed by atoms with Gasteiger partial charge in [-0.1, -0.05) is 0 Å². The van der Waals surface area contributed by atoms with Crippen molar-refractivity contribution in [1.29, 1.82) is 0 Å². The number of ketones is 1. The fourth-order valence-electron chi connectivity index (χ4n) is 3.79. The third kappa shape index (κ3) is 3.59. The third-order valence-corrected chi connectivity index (χ3v) is 5.32. The number of aryl methyl sites for hydroxylation is 1. The molecule has 0 atom stereocenters. The highest BCUT2D eigenvalue weighted by molar-refractivity contribution is 6.00. The summed E-state index contributed by atoms with van der Waals surface area (Å²) in [4.78, 5) is 26.8. The molecule has 142 valence electrons. The number of aromatic nitrogens is 3. The second-order valence-electron chi connectivity index (χ2n) is 7.36. The molecule has 0 bridgehead atoms. The van der Waals surface area contributed by atoms with Gasteiger partial charge in [0, 0.05) is 36.1 Å². The Morgan fingerprint density at radius 3 is 2.52 bits per heavy atom. The molecule has 1 saturated carbocycles. The summed E-state index contributed by atoms with van der Waals surface area (Å²) in [5.41, 5.74) is 2.77. The van der Waals surface area contributed by atoms with Crippen molar-refractivity contribution in [3.63, 3.8) is 0 Å². The minimum absolute atomic E-state index is 0.120. The van der Waals surface area contributed by atoms with Crippen LogP contribution in [0.3, 0.4) is 0 Å². The van der Waals surface area contributed by atoms with E-state index in [0.717, 1.165) is 56.0 Å². The first kappa shape index (κ1) is 17.7. The van der Waals surface area contributed by atoms with Crippen LogP contribution in [0.2, 0.25) is 0 Å². The van der Waals surface area contributed by atoms with Gasteiger partial charge in [0.2, 0.25) is 5.78 Å². The van der Waals surface area contributed by atoms with Crippen LogP contribution in [0.25, 0.3) is 0 Å². The minimum Gasteiger partial charge on any atom is -0.453 e. The zero-order chi connectivity index (χ0) is 19.0. The van der Waals surface area contributed by atoms with Crippen LogP contribution in [0.5, 0.6) is 0 Å². The average Bonchev–Trinajstić information content (AvgIpc) is 3.25. The largest absolute Gasteiger partial charge is 0.453 e. The monoisotopic (exact) mass is 368 g/mol. The highest BCUT2D eigenvalue weighted by Gasteiger charge is 2.28. The molecule has 7 heteroatoms. The van der Waals surface area contributed by atoms with Gasteiger partial charge in [-0.3, -0.25) is 4.79 Å². The summed E-state index contributed by atoms with van der Waals surface area (Å²) < 4.78 is 7.38. The van der Waals surface area contributed by atoms with Crippen molar-refractivity contribution in [2.75, 3.05) is 24.6 Å². The van der Waals surface area contributed by atoms with Crippen molar-refractivity contribution < 1.29 is 14.3 Å². The number of anilines is 1. The molecule has 2 fully saturated rings. The molecule has 1 aliphatic heterocycles. The van der Waals surface area contributed by atoms with Gasteiger partial charge in [-0.2, -0.15) is 0 Å². The fraction of sp³-hybridized carbons (Fsp3) is 0.500. The number of rotatable bonds is 6. The first-order valence-corrected chi connectivity index (χ1v) is 9.52. The van der Waals surface area contributed by atoms with E-state index in [0.29, 0.717) is 11.6 Å². The standard InChI is InChI=1S/C20H24N4O3/c1-13-11-16(14(2)24(13)15-5-6-15)18(25)12-27-20(26)17-7-8-19(22-21-17)23-9-3-4-10-23/h7-8,11,15H,3-6,9-10,12H2,1-2H3. The van der Waals surface area contributed by atoms with Crippen LogP contribution in [0.15, 0.2) is 18.2 Å². The zero-order valence-electron chi connectivity index (χ0n) is 15.8. The number of Topliss-reactive ketones (excluding diaryl/α,β-unsaturated/α-hetero) is 1. The summed E-state index contributed by atoms with van der Waals surface area (Å²) in [6, 6.07) is 5.78. The number of carbonyl (C=O) groups excluding carboxylic acids is 2. The van der Waals surface area contributed by atoms with Gasteiger partial charge in [0.1, 0.15) is 0 Å². The molecule has 0 radical (unpaired) electrons. The smallest absolute Gasteiger partial charge is 0.359 e. The molecule has 0 amide bonds. The number of nitrogens with zero attached hydrogens (tertiary/aromatic N) is 4. The second kappa shape index (κ2) is 7.13. The number of carbonyl (C=O) groups is 2. The molecule has 2 aromatic rings. The lowest BCUT2D eigenvalue weighted by Gasteiger charge is -2.15. The van der Waals surface area contributed by atoms with Crippen molar-refractivity contribution in [3.8, 4) is 0 Å². The number of hydrogen-bond donors (Lipinski definition) is 0. The van der Waals surface area contributed by atoms with Gasteiger partial charge in [0.25, 0.3) is 0 Å². The molecule has 0 aromatic carbocycles. The van der Waals surface area contributed by atoms with Crippen LogP contribution in [0.1, 0.15) is 64.0 Å². The van der Waals surface area contributed by atoms with E-state index in [-0.39, 0.29) is 18.1 Å².